The Bertz CT molecular complexity index is 184. The van der Waals surface area contributed by atoms with E-state index in [1.165, 1.54) is 5.57 Å². The van der Waals surface area contributed by atoms with Crippen molar-refractivity contribution in [3.8, 4) is 0 Å². The van der Waals surface area contributed by atoms with Gasteiger partial charge in [-0.3, -0.25) is 0 Å². The molecular weight excluding hydrogens is 128 g/mol. The van der Waals surface area contributed by atoms with Gasteiger partial charge in [0.05, 0.1) is 0 Å². The summed E-state index contributed by atoms with van der Waals surface area (Å²) in [6.45, 7) is 4.69. The molecule has 0 bridgehead atoms. The van der Waals surface area contributed by atoms with Gasteiger partial charge in [0.2, 0.25) is 0 Å². The van der Waals surface area contributed by atoms with Gasteiger partial charge in [0.25, 0.3) is 0 Å². The van der Waals surface area contributed by atoms with E-state index in [4.69, 9.17) is 0 Å². The molecule has 3 nitrogen and oxygen atoms in total. The van der Waals surface area contributed by atoms with Gasteiger partial charge in [-0.2, -0.15) is 0 Å². The summed E-state index contributed by atoms with van der Waals surface area (Å²) in [6, 6.07) is -0.0886. The molecule has 2 amide bonds. The topological polar surface area (TPSA) is 41.1 Å². The minimum absolute atomic E-state index is 0.0886. The lowest BCUT2D eigenvalue weighted by atomic mass is 10.2. The van der Waals surface area contributed by atoms with Gasteiger partial charge < -0.3 is 10.6 Å². The smallest absolute Gasteiger partial charge is 0.318 e. The highest BCUT2D eigenvalue weighted by Gasteiger charge is 2.07. The van der Waals surface area contributed by atoms with Crippen LogP contribution in [-0.2, 0) is 0 Å². The SMILES string of the molecule is CC1=C(C)NC(=O)NCC1. The highest BCUT2D eigenvalue weighted by molar-refractivity contribution is 5.76. The Kier molecular flexibility index (Phi) is 1.94. The highest BCUT2D eigenvalue weighted by atomic mass is 16.2. The first-order valence-corrected chi connectivity index (χ1v) is 3.41. The van der Waals surface area contributed by atoms with E-state index in [2.05, 4.69) is 10.6 Å². The van der Waals surface area contributed by atoms with Crippen LogP contribution < -0.4 is 10.6 Å². The zero-order valence-corrected chi connectivity index (χ0v) is 6.32. The minimum atomic E-state index is -0.0886. The molecule has 1 rings (SSSR count). The largest absolute Gasteiger partial charge is 0.338 e. The molecule has 0 saturated heterocycles. The van der Waals surface area contributed by atoms with Crippen molar-refractivity contribution < 1.29 is 4.79 Å². The van der Waals surface area contributed by atoms with E-state index < -0.39 is 0 Å². The highest BCUT2D eigenvalue weighted by Crippen LogP contribution is 2.05. The number of allylic oxidation sites excluding steroid dienone is 1. The molecule has 1 heterocycles. The van der Waals surface area contributed by atoms with Crippen molar-refractivity contribution in [3.63, 3.8) is 0 Å². The minimum Gasteiger partial charge on any atom is -0.338 e. The summed E-state index contributed by atoms with van der Waals surface area (Å²) < 4.78 is 0. The maximum Gasteiger partial charge on any atom is 0.318 e. The predicted octanol–water partition coefficient (Wildman–Crippen LogP) is 0.983. The molecule has 1 aliphatic heterocycles. The Morgan fingerprint density at radius 3 is 2.80 bits per heavy atom. The van der Waals surface area contributed by atoms with Gasteiger partial charge in [-0.25, -0.2) is 4.79 Å². The lowest BCUT2D eigenvalue weighted by molar-refractivity contribution is 0.244. The average Bonchev–Trinajstić information content (AvgIpc) is 1.96. The fourth-order valence-electron chi connectivity index (χ4n) is 0.872. The predicted molar refractivity (Wildman–Crippen MR) is 39.5 cm³/mol. The van der Waals surface area contributed by atoms with Crippen molar-refractivity contribution in [2.45, 2.75) is 20.3 Å². The molecule has 1 aliphatic rings. The maximum atomic E-state index is 10.8. The van der Waals surface area contributed by atoms with Gasteiger partial charge in [-0.15, -0.1) is 0 Å². The van der Waals surface area contributed by atoms with Gasteiger partial charge in [-0.05, 0) is 20.3 Å². The standard InChI is InChI=1S/C7H12N2O/c1-5-3-4-8-7(10)9-6(5)2/h3-4H2,1-2H3,(H2,8,9,10). The van der Waals surface area contributed by atoms with E-state index in [0.717, 1.165) is 18.7 Å². The van der Waals surface area contributed by atoms with Crippen LogP contribution in [0.1, 0.15) is 20.3 Å². The van der Waals surface area contributed by atoms with Crippen LogP contribution >= 0.6 is 0 Å². The summed E-state index contributed by atoms with van der Waals surface area (Å²) in [4.78, 5) is 10.8. The summed E-state index contributed by atoms with van der Waals surface area (Å²) in [6.07, 6.45) is 0.949. The summed E-state index contributed by atoms with van der Waals surface area (Å²) in [5.74, 6) is 0. The molecular formula is C7H12N2O. The summed E-state index contributed by atoms with van der Waals surface area (Å²) in [7, 11) is 0. The van der Waals surface area contributed by atoms with Crippen LogP contribution in [0.3, 0.4) is 0 Å². The molecule has 0 aliphatic carbocycles. The first kappa shape index (κ1) is 7.12. The lowest BCUT2D eigenvalue weighted by Crippen LogP contribution is -2.32. The molecule has 0 unspecified atom stereocenters. The summed E-state index contributed by atoms with van der Waals surface area (Å²) in [5, 5.41) is 5.43. The first-order valence-electron chi connectivity index (χ1n) is 3.41. The number of urea groups is 1. The number of amides is 2. The Labute approximate surface area is 60.5 Å². The Balaban J connectivity index is 2.70. The fourth-order valence-corrected chi connectivity index (χ4v) is 0.872. The van der Waals surface area contributed by atoms with Crippen LogP contribution in [0.4, 0.5) is 4.79 Å². The zero-order valence-electron chi connectivity index (χ0n) is 6.32. The third kappa shape index (κ3) is 1.50. The van der Waals surface area contributed by atoms with E-state index in [1.807, 2.05) is 13.8 Å². The second kappa shape index (κ2) is 2.73. The quantitative estimate of drug-likeness (QED) is 0.517. The van der Waals surface area contributed by atoms with Crippen LogP contribution in [-0.4, -0.2) is 12.6 Å². The zero-order chi connectivity index (χ0) is 7.56. The van der Waals surface area contributed by atoms with Crippen molar-refractivity contribution in [2.75, 3.05) is 6.54 Å². The maximum absolute atomic E-state index is 10.8. The van der Waals surface area contributed by atoms with Crippen LogP contribution in [0.15, 0.2) is 11.3 Å². The molecule has 0 aromatic heterocycles. The van der Waals surface area contributed by atoms with E-state index >= 15 is 0 Å². The molecule has 56 valence electrons. The van der Waals surface area contributed by atoms with Crippen molar-refractivity contribution in [1.82, 2.24) is 10.6 Å². The second-order valence-corrected chi connectivity index (χ2v) is 2.54. The normalized spacial score (nSPS) is 19.6. The van der Waals surface area contributed by atoms with E-state index in [1.54, 1.807) is 0 Å². The first-order chi connectivity index (χ1) is 4.70. The van der Waals surface area contributed by atoms with Gasteiger partial charge in [-0.1, -0.05) is 5.57 Å². The van der Waals surface area contributed by atoms with Crippen molar-refractivity contribution in [2.24, 2.45) is 0 Å². The van der Waals surface area contributed by atoms with E-state index in [9.17, 15) is 4.79 Å². The average molecular weight is 140 g/mol. The number of nitrogens with one attached hydrogen (secondary N) is 2. The Morgan fingerprint density at radius 1 is 1.40 bits per heavy atom. The number of rotatable bonds is 0. The van der Waals surface area contributed by atoms with E-state index in [-0.39, 0.29) is 6.03 Å². The second-order valence-electron chi connectivity index (χ2n) is 2.54. The molecule has 0 saturated carbocycles. The lowest BCUT2D eigenvalue weighted by Gasteiger charge is -2.01. The Morgan fingerprint density at radius 2 is 2.10 bits per heavy atom. The Hall–Kier alpha value is -0.990. The van der Waals surface area contributed by atoms with Gasteiger partial charge >= 0.3 is 6.03 Å². The van der Waals surface area contributed by atoms with Crippen molar-refractivity contribution >= 4 is 6.03 Å². The van der Waals surface area contributed by atoms with Crippen molar-refractivity contribution in [1.29, 1.82) is 0 Å². The number of hydrogen-bond acceptors (Lipinski definition) is 1. The molecule has 0 radical (unpaired) electrons. The third-order valence-corrected chi connectivity index (χ3v) is 1.73. The number of carbonyl (C=O) groups excluding carboxylic acids is 1. The molecule has 0 fully saturated rings. The van der Waals surface area contributed by atoms with Gasteiger partial charge in [0.15, 0.2) is 0 Å². The van der Waals surface area contributed by atoms with Crippen LogP contribution in [0, 0.1) is 0 Å². The molecule has 0 spiro atoms. The van der Waals surface area contributed by atoms with Crippen LogP contribution in [0.25, 0.3) is 0 Å². The van der Waals surface area contributed by atoms with Crippen LogP contribution in [0.2, 0.25) is 0 Å². The molecule has 10 heavy (non-hydrogen) atoms. The van der Waals surface area contributed by atoms with Gasteiger partial charge in [0.1, 0.15) is 0 Å². The number of carbonyl (C=O) groups is 1. The van der Waals surface area contributed by atoms with Gasteiger partial charge in [0, 0.05) is 12.2 Å². The monoisotopic (exact) mass is 140 g/mol. The molecule has 2 N–H and O–H groups in total. The molecule has 0 aromatic rings. The molecule has 0 aromatic carbocycles. The summed E-state index contributed by atoms with van der Waals surface area (Å²) >= 11 is 0. The van der Waals surface area contributed by atoms with Crippen molar-refractivity contribution in [3.05, 3.63) is 11.3 Å². The fraction of sp³-hybridized carbons (Fsp3) is 0.571. The van der Waals surface area contributed by atoms with E-state index in [0.29, 0.717) is 0 Å². The van der Waals surface area contributed by atoms with Crippen LogP contribution in [0.5, 0.6) is 0 Å². The third-order valence-electron chi connectivity index (χ3n) is 1.73. The molecule has 0 atom stereocenters. The number of hydrogen-bond donors (Lipinski definition) is 2. The summed E-state index contributed by atoms with van der Waals surface area (Å²) in [5.41, 5.74) is 2.23. The molecule has 3 heteroatoms.